The maximum atomic E-state index is 12.1. The van der Waals surface area contributed by atoms with Gasteiger partial charge in [-0.05, 0) is 37.1 Å². The van der Waals surface area contributed by atoms with Crippen LogP contribution < -0.4 is 10.1 Å². The fourth-order valence-corrected chi connectivity index (χ4v) is 1.84. The first-order valence-electron chi connectivity index (χ1n) is 7.07. The van der Waals surface area contributed by atoms with Crippen LogP contribution in [0.1, 0.15) is 26.7 Å². The summed E-state index contributed by atoms with van der Waals surface area (Å²) in [5.74, 6) is -0.573. The molecule has 1 aromatic rings. The predicted octanol–water partition coefficient (Wildman–Crippen LogP) is 2.80. The molecule has 0 aromatic heterocycles. The largest absolute Gasteiger partial charge is 0.482 e. The highest BCUT2D eigenvalue weighted by Gasteiger charge is 2.11. The van der Waals surface area contributed by atoms with Crippen LogP contribution in [-0.4, -0.2) is 41.7 Å². The lowest BCUT2D eigenvalue weighted by Crippen LogP contribution is -2.36. The zero-order valence-corrected chi connectivity index (χ0v) is 12.5. The van der Waals surface area contributed by atoms with Gasteiger partial charge in [-0.1, -0.05) is 13.8 Å². The first-order chi connectivity index (χ1) is 10.1. The Morgan fingerprint density at radius 3 is 2.19 bits per heavy atom. The lowest BCUT2D eigenvalue weighted by molar-refractivity contribution is -0.139. The van der Waals surface area contributed by atoms with Crippen LogP contribution in [0.4, 0.5) is 10.5 Å². The second kappa shape index (κ2) is 8.84. The second-order valence-corrected chi connectivity index (χ2v) is 4.62. The first kappa shape index (κ1) is 16.8. The Bertz CT molecular complexity index is 453. The molecule has 6 heteroatoms. The quantitative estimate of drug-likeness (QED) is 0.772. The number of carbonyl (C=O) groups is 2. The number of aliphatic carboxylic acids is 1. The van der Waals surface area contributed by atoms with Gasteiger partial charge in [-0.3, -0.25) is 0 Å². The normalized spacial score (nSPS) is 10.0. The molecule has 0 saturated heterocycles. The van der Waals surface area contributed by atoms with Crippen LogP contribution in [0.2, 0.25) is 0 Å². The SMILES string of the molecule is CCCN(CCC)C(=O)Nc1ccc(OCC(=O)O)cc1. The molecule has 0 radical (unpaired) electrons. The highest BCUT2D eigenvalue weighted by atomic mass is 16.5. The van der Waals surface area contributed by atoms with Gasteiger partial charge in [0.25, 0.3) is 0 Å². The van der Waals surface area contributed by atoms with Crippen LogP contribution in [0, 0.1) is 0 Å². The number of ether oxygens (including phenoxy) is 1. The zero-order chi connectivity index (χ0) is 15.7. The van der Waals surface area contributed by atoms with Gasteiger partial charge in [-0.2, -0.15) is 0 Å². The van der Waals surface area contributed by atoms with Gasteiger partial charge < -0.3 is 20.1 Å². The maximum Gasteiger partial charge on any atom is 0.341 e. The smallest absolute Gasteiger partial charge is 0.341 e. The van der Waals surface area contributed by atoms with E-state index in [9.17, 15) is 9.59 Å². The van der Waals surface area contributed by atoms with Crippen molar-refractivity contribution in [3.8, 4) is 5.75 Å². The predicted molar refractivity (Wildman–Crippen MR) is 80.7 cm³/mol. The number of nitrogens with zero attached hydrogens (tertiary/aromatic N) is 1. The summed E-state index contributed by atoms with van der Waals surface area (Å²) in [6.07, 6.45) is 1.82. The number of urea groups is 1. The van der Waals surface area contributed by atoms with E-state index in [1.54, 1.807) is 29.2 Å². The van der Waals surface area contributed by atoms with Gasteiger partial charge in [-0.25, -0.2) is 9.59 Å². The Hall–Kier alpha value is -2.24. The summed E-state index contributed by atoms with van der Waals surface area (Å²) in [4.78, 5) is 24.3. The molecular formula is C15H22N2O4. The summed E-state index contributed by atoms with van der Waals surface area (Å²) in [7, 11) is 0. The van der Waals surface area contributed by atoms with Crippen molar-refractivity contribution in [2.75, 3.05) is 25.0 Å². The summed E-state index contributed by atoms with van der Waals surface area (Å²) >= 11 is 0. The van der Waals surface area contributed by atoms with Gasteiger partial charge >= 0.3 is 12.0 Å². The van der Waals surface area contributed by atoms with Gasteiger partial charge in [0.15, 0.2) is 6.61 Å². The van der Waals surface area contributed by atoms with Gasteiger partial charge in [-0.15, -0.1) is 0 Å². The Kier molecular flexibility index (Phi) is 7.08. The Morgan fingerprint density at radius 2 is 1.71 bits per heavy atom. The lowest BCUT2D eigenvalue weighted by Gasteiger charge is -2.21. The number of carboxylic acids is 1. The molecule has 0 aliphatic rings. The maximum absolute atomic E-state index is 12.1. The summed E-state index contributed by atoms with van der Waals surface area (Å²) in [6.45, 7) is 5.13. The third-order valence-electron chi connectivity index (χ3n) is 2.74. The van der Waals surface area contributed by atoms with Crippen molar-refractivity contribution < 1.29 is 19.4 Å². The van der Waals surface area contributed by atoms with Crippen molar-refractivity contribution in [2.24, 2.45) is 0 Å². The van der Waals surface area contributed by atoms with Gasteiger partial charge in [0.1, 0.15) is 5.75 Å². The number of carboxylic acid groups (broad SMARTS) is 1. The Morgan fingerprint density at radius 1 is 1.14 bits per heavy atom. The highest BCUT2D eigenvalue weighted by Crippen LogP contribution is 2.16. The highest BCUT2D eigenvalue weighted by molar-refractivity contribution is 5.89. The van der Waals surface area contributed by atoms with E-state index in [2.05, 4.69) is 5.32 Å². The van der Waals surface area contributed by atoms with Crippen LogP contribution in [0.5, 0.6) is 5.75 Å². The lowest BCUT2D eigenvalue weighted by atomic mass is 10.3. The molecule has 0 aliphatic carbocycles. The van der Waals surface area contributed by atoms with Crippen molar-refractivity contribution in [1.82, 2.24) is 4.90 Å². The first-order valence-corrected chi connectivity index (χ1v) is 7.07. The Labute approximate surface area is 124 Å². The minimum atomic E-state index is -1.03. The third kappa shape index (κ3) is 6.16. The van der Waals surface area contributed by atoms with Crippen LogP contribution in [0.25, 0.3) is 0 Å². The molecule has 0 fully saturated rings. The van der Waals surface area contributed by atoms with Gasteiger partial charge in [0, 0.05) is 18.8 Å². The molecule has 0 aliphatic heterocycles. The van der Waals surface area contributed by atoms with E-state index in [0.29, 0.717) is 11.4 Å². The van der Waals surface area contributed by atoms with Crippen LogP contribution >= 0.6 is 0 Å². The monoisotopic (exact) mass is 294 g/mol. The summed E-state index contributed by atoms with van der Waals surface area (Å²) < 4.78 is 5.03. The van der Waals surface area contributed by atoms with Crippen LogP contribution in [0.15, 0.2) is 24.3 Å². The average Bonchev–Trinajstić information content (AvgIpc) is 2.46. The molecule has 116 valence electrons. The number of nitrogens with one attached hydrogen (secondary N) is 1. The van der Waals surface area contributed by atoms with E-state index < -0.39 is 5.97 Å². The van der Waals surface area contributed by atoms with E-state index in [4.69, 9.17) is 9.84 Å². The van der Waals surface area contributed by atoms with Gasteiger partial charge in [0.05, 0.1) is 0 Å². The molecule has 21 heavy (non-hydrogen) atoms. The van der Waals surface area contributed by atoms with Gasteiger partial charge in [0.2, 0.25) is 0 Å². The van der Waals surface area contributed by atoms with Crippen LogP contribution in [0.3, 0.4) is 0 Å². The van der Waals surface area contributed by atoms with E-state index in [0.717, 1.165) is 25.9 Å². The fourth-order valence-electron chi connectivity index (χ4n) is 1.84. The number of rotatable bonds is 8. The molecule has 0 atom stereocenters. The van der Waals surface area contributed by atoms with E-state index in [1.165, 1.54) is 0 Å². The number of hydrogen-bond acceptors (Lipinski definition) is 3. The zero-order valence-electron chi connectivity index (χ0n) is 12.5. The molecule has 0 heterocycles. The van der Waals surface area contributed by atoms with Crippen LogP contribution in [-0.2, 0) is 4.79 Å². The molecule has 6 nitrogen and oxygen atoms in total. The molecule has 2 N–H and O–H groups in total. The number of amides is 2. The summed E-state index contributed by atoms with van der Waals surface area (Å²) in [6, 6.07) is 6.50. The van der Waals surface area contributed by atoms with Crippen molar-refractivity contribution >= 4 is 17.7 Å². The topological polar surface area (TPSA) is 78.9 Å². The number of carbonyl (C=O) groups excluding carboxylic acids is 1. The van der Waals surface area contributed by atoms with E-state index in [1.807, 2.05) is 13.8 Å². The van der Waals surface area contributed by atoms with Crippen molar-refractivity contribution in [2.45, 2.75) is 26.7 Å². The second-order valence-electron chi connectivity index (χ2n) is 4.62. The molecule has 0 bridgehead atoms. The van der Waals surface area contributed by atoms with E-state index in [-0.39, 0.29) is 12.6 Å². The van der Waals surface area contributed by atoms with E-state index >= 15 is 0 Å². The van der Waals surface area contributed by atoms with Crippen molar-refractivity contribution in [3.05, 3.63) is 24.3 Å². The van der Waals surface area contributed by atoms with Crippen molar-refractivity contribution in [1.29, 1.82) is 0 Å². The molecule has 0 unspecified atom stereocenters. The Balaban J connectivity index is 2.57. The molecule has 0 spiro atoms. The number of anilines is 1. The molecule has 0 saturated carbocycles. The molecular weight excluding hydrogens is 272 g/mol. The summed E-state index contributed by atoms with van der Waals surface area (Å²) in [5.41, 5.74) is 0.653. The fraction of sp³-hybridized carbons (Fsp3) is 0.467. The number of benzene rings is 1. The minimum absolute atomic E-state index is 0.127. The standard InChI is InChI=1S/C15H22N2O4/c1-3-9-17(10-4-2)15(20)16-12-5-7-13(8-6-12)21-11-14(18)19/h5-8H,3-4,9-11H2,1-2H3,(H,16,20)(H,18,19). The van der Waals surface area contributed by atoms with Crippen molar-refractivity contribution in [3.63, 3.8) is 0 Å². The molecule has 1 aromatic carbocycles. The number of hydrogen-bond donors (Lipinski definition) is 2. The third-order valence-corrected chi connectivity index (χ3v) is 2.74. The average molecular weight is 294 g/mol. The molecule has 1 rings (SSSR count). The summed E-state index contributed by atoms with van der Waals surface area (Å²) in [5, 5.41) is 11.3. The molecule has 2 amide bonds. The minimum Gasteiger partial charge on any atom is -0.482 e.